The van der Waals surface area contributed by atoms with Crippen LogP contribution < -0.4 is 5.73 Å². The van der Waals surface area contributed by atoms with E-state index in [0.717, 1.165) is 0 Å². The molecule has 0 amide bonds. The smallest absolute Gasteiger partial charge is 0.177 e. The van der Waals surface area contributed by atoms with E-state index in [4.69, 9.17) is 26.8 Å². The van der Waals surface area contributed by atoms with Crippen LogP contribution in [0.4, 0.5) is 0 Å². The molecule has 59 valence electrons. The van der Waals surface area contributed by atoms with Crippen LogP contribution in [0.15, 0.2) is 0 Å². The molecule has 1 rings (SSSR count). The van der Waals surface area contributed by atoms with Crippen molar-refractivity contribution in [2.24, 2.45) is 5.73 Å². The van der Waals surface area contributed by atoms with Gasteiger partial charge in [0.05, 0.1) is 18.0 Å². The largest absolute Gasteiger partial charge is 0.354 e. The highest BCUT2D eigenvalue weighted by Crippen LogP contribution is 2.21. The van der Waals surface area contributed by atoms with Crippen molar-refractivity contribution < 1.29 is 9.47 Å². The van der Waals surface area contributed by atoms with E-state index in [1.807, 2.05) is 0 Å². The molecule has 0 aromatic carbocycles. The lowest BCUT2D eigenvalue weighted by Gasteiger charge is -2.29. The summed E-state index contributed by atoms with van der Waals surface area (Å²) in [5.74, 6) is 0. The molecule has 0 aromatic heterocycles. The van der Waals surface area contributed by atoms with E-state index >= 15 is 0 Å². The van der Waals surface area contributed by atoms with Crippen LogP contribution in [-0.4, -0.2) is 25.4 Å². The maximum atomic E-state index is 5.75. The van der Waals surface area contributed by atoms with Crippen LogP contribution in [0, 0.1) is 6.04 Å². The first-order valence-corrected chi connectivity index (χ1v) is 3.57. The molecule has 1 fully saturated rings. The fourth-order valence-corrected chi connectivity index (χ4v) is 1.18. The lowest BCUT2D eigenvalue weighted by atomic mass is 10.1. The average molecular weight is 165 g/mol. The van der Waals surface area contributed by atoms with Crippen molar-refractivity contribution in [3.8, 4) is 0 Å². The zero-order chi connectivity index (χ0) is 7.56. The number of hydrogen-bond acceptors (Lipinski definition) is 3. The van der Waals surface area contributed by atoms with Crippen LogP contribution >= 0.6 is 11.6 Å². The molecule has 0 saturated carbocycles. The van der Waals surface area contributed by atoms with Crippen molar-refractivity contribution in [3.05, 3.63) is 6.04 Å². The Morgan fingerprint density at radius 1 is 1.80 bits per heavy atom. The molecule has 0 aromatic rings. The van der Waals surface area contributed by atoms with Gasteiger partial charge in [0, 0.05) is 7.11 Å². The minimum absolute atomic E-state index is 0.00593. The van der Waals surface area contributed by atoms with Gasteiger partial charge >= 0.3 is 0 Å². The summed E-state index contributed by atoms with van der Waals surface area (Å²) in [4.78, 5) is 0. The first-order chi connectivity index (χ1) is 4.74. The fraction of sp³-hybridized carbons (Fsp3) is 0.833. The number of halogens is 1. The molecule has 1 aliphatic rings. The lowest BCUT2D eigenvalue weighted by Crippen LogP contribution is -2.39. The van der Waals surface area contributed by atoms with E-state index in [-0.39, 0.29) is 11.7 Å². The van der Waals surface area contributed by atoms with Crippen LogP contribution in [0.3, 0.4) is 0 Å². The van der Waals surface area contributed by atoms with Gasteiger partial charge in [-0.25, -0.2) is 0 Å². The maximum Gasteiger partial charge on any atom is 0.177 e. The molecule has 1 saturated heterocycles. The highest BCUT2D eigenvalue weighted by molar-refractivity contribution is 6.20. The number of nitrogens with two attached hydrogens (primary N) is 1. The van der Waals surface area contributed by atoms with Crippen molar-refractivity contribution in [1.29, 1.82) is 0 Å². The van der Waals surface area contributed by atoms with Crippen LogP contribution in [0.1, 0.15) is 6.42 Å². The van der Waals surface area contributed by atoms with Crippen molar-refractivity contribution >= 4 is 11.6 Å². The topological polar surface area (TPSA) is 44.5 Å². The quantitative estimate of drug-likeness (QED) is 0.574. The summed E-state index contributed by atoms with van der Waals surface area (Å²) < 4.78 is 10.0. The van der Waals surface area contributed by atoms with Gasteiger partial charge in [-0.2, -0.15) is 0 Å². The summed E-state index contributed by atoms with van der Waals surface area (Å²) in [6.07, 6.45) is 0.329. The second-order valence-electron chi connectivity index (χ2n) is 2.28. The molecule has 1 aliphatic heterocycles. The SMILES string of the molecule is COC1OCC(Cl)C[C]1N. The summed E-state index contributed by atoms with van der Waals surface area (Å²) in [5.41, 5.74) is 5.56. The van der Waals surface area contributed by atoms with Crippen LogP contribution in [-0.2, 0) is 9.47 Å². The van der Waals surface area contributed by atoms with E-state index in [1.165, 1.54) is 0 Å². The molecule has 4 heteroatoms. The van der Waals surface area contributed by atoms with Gasteiger partial charge in [0.2, 0.25) is 0 Å². The highest BCUT2D eigenvalue weighted by atomic mass is 35.5. The van der Waals surface area contributed by atoms with Crippen molar-refractivity contribution in [1.82, 2.24) is 0 Å². The molecule has 1 radical (unpaired) electrons. The second-order valence-corrected chi connectivity index (χ2v) is 2.89. The summed E-state index contributed by atoms with van der Waals surface area (Å²) in [7, 11) is 1.56. The lowest BCUT2D eigenvalue weighted by molar-refractivity contribution is -0.129. The zero-order valence-electron chi connectivity index (χ0n) is 5.84. The minimum Gasteiger partial charge on any atom is -0.354 e. The Balaban J connectivity index is 2.36. The van der Waals surface area contributed by atoms with Gasteiger partial charge in [0.15, 0.2) is 6.29 Å². The molecule has 0 bridgehead atoms. The molecule has 10 heavy (non-hydrogen) atoms. The monoisotopic (exact) mass is 164 g/mol. The maximum absolute atomic E-state index is 5.75. The summed E-state index contributed by atoms with van der Waals surface area (Å²) in [6.45, 7) is 0.515. The molecule has 1 heterocycles. The Bertz CT molecular complexity index is 112. The van der Waals surface area contributed by atoms with Gasteiger partial charge in [0.25, 0.3) is 0 Å². The molecule has 0 aliphatic carbocycles. The Kier molecular flexibility index (Phi) is 2.92. The summed E-state index contributed by atoms with van der Waals surface area (Å²) in [5, 5.41) is 0.00593. The molecular weight excluding hydrogens is 154 g/mol. The van der Waals surface area contributed by atoms with Crippen LogP contribution in [0.5, 0.6) is 0 Å². The van der Waals surface area contributed by atoms with E-state index in [0.29, 0.717) is 19.1 Å². The standard InChI is InChI=1S/C6H11ClNO2/c1-9-6-5(8)2-4(7)3-10-6/h4,6H,2-3,8H2,1H3. The Hall–Kier alpha value is 0.170. The van der Waals surface area contributed by atoms with Gasteiger partial charge in [-0.3, -0.25) is 0 Å². The zero-order valence-corrected chi connectivity index (χ0v) is 6.60. The average Bonchev–Trinajstić information content (AvgIpc) is 1.88. The number of methoxy groups -OCH3 is 1. The van der Waals surface area contributed by atoms with Gasteiger partial charge in [-0.1, -0.05) is 0 Å². The molecule has 3 nitrogen and oxygen atoms in total. The van der Waals surface area contributed by atoms with Crippen LogP contribution in [0.25, 0.3) is 0 Å². The van der Waals surface area contributed by atoms with Gasteiger partial charge < -0.3 is 15.2 Å². The highest BCUT2D eigenvalue weighted by Gasteiger charge is 2.27. The summed E-state index contributed by atoms with van der Waals surface area (Å²) in [6, 6.07) is 0.675. The predicted molar refractivity (Wildman–Crippen MR) is 38.4 cm³/mol. The van der Waals surface area contributed by atoms with E-state index in [2.05, 4.69) is 0 Å². The minimum atomic E-state index is -0.352. The fourth-order valence-electron chi connectivity index (χ4n) is 0.929. The Morgan fingerprint density at radius 2 is 2.50 bits per heavy atom. The number of rotatable bonds is 1. The Morgan fingerprint density at radius 3 is 3.00 bits per heavy atom. The van der Waals surface area contributed by atoms with E-state index < -0.39 is 0 Å². The van der Waals surface area contributed by atoms with E-state index in [9.17, 15) is 0 Å². The van der Waals surface area contributed by atoms with E-state index in [1.54, 1.807) is 7.11 Å². The number of ether oxygens (including phenoxy) is 2. The second kappa shape index (κ2) is 3.53. The first kappa shape index (κ1) is 8.27. The van der Waals surface area contributed by atoms with Gasteiger partial charge in [-0.15, -0.1) is 11.6 Å². The molecule has 0 spiro atoms. The third-order valence-corrected chi connectivity index (χ3v) is 1.68. The van der Waals surface area contributed by atoms with Gasteiger partial charge in [0.1, 0.15) is 0 Å². The predicted octanol–water partition coefficient (Wildman–Crippen LogP) is 0.477. The van der Waals surface area contributed by atoms with Gasteiger partial charge in [-0.05, 0) is 6.42 Å². The molecular formula is C6H11ClNO2. The molecule has 2 unspecified atom stereocenters. The molecule has 2 atom stereocenters. The Labute approximate surface area is 65.4 Å². The molecule has 2 N–H and O–H groups in total. The number of alkyl halides is 1. The number of hydrogen-bond donors (Lipinski definition) is 1. The first-order valence-electron chi connectivity index (χ1n) is 3.13. The third kappa shape index (κ3) is 1.83. The normalized spacial score (nSPS) is 36.3. The van der Waals surface area contributed by atoms with Crippen LogP contribution in [0.2, 0.25) is 0 Å². The van der Waals surface area contributed by atoms with Crippen molar-refractivity contribution in [3.63, 3.8) is 0 Å². The van der Waals surface area contributed by atoms with Crippen molar-refractivity contribution in [2.45, 2.75) is 18.1 Å². The summed E-state index contributed by atoms with van der Waals surface area (Å²) >= 11 is 5.75. The van der Waals surface area contributed by atoms with Crippen molar-refractivity contribution in [2.75, 3.05) is 13.7 Å². The third-order valence-electron chi connectivity index (χ3n) is 1.40.